The Morgan fingerprint density at radius 2 is 2.21 bits per heavy atom. The molecule has 3 heterocycles. The average molecular weight is 359 g/mol. The van der Waals surface area contributed by atoms with Gasteiger partial charge in [-0.05, 0) is 32.2 Å². The number of hydrogen-bond acceptors (Lipinski definition) is 5. The minimum atomic E-state index is -0.548. The molecule has 124 valence electrons. The van der Waals surface area contributed by atoms with Gasteiger partial charge in [0.15, 0.2) is 0 Å². The molecule has 0 spiro atoms. The van der Waals surface area contributed by atoms with Crippen molar-refractivity contribution >= 4 is 29.6 Å². The normalized spacial score (nSPS) is 13.5. The fourth-order valence-electron chi connectivity index (χ4n) is 2.69. The third kappa shape index (κ3) is 3.07. The van der Waals surface area contributed by atoms with Crippen molar-refractivity contribution in [2.75, 3.05) is 0 Å². The van der Waals surface area contributed by atoms with Crippen LogP contribution in [0.5, 0.6) is 0 Å². The number of carbonyl (C=O) groups is 1. The summed E-state index contributed by atoms with van der Waals surface area (Å²) in [7, 11) is 0. The van der Waals surface area contributed by atoms with Crippen LogP contribution in [0.3, 0.4) is 0 Å². The summed E-state index contributed by atoms with van der Waals surface area (Å²) in [6.45, 7) is 6.32. The average Bonchev–Trinajstić information content (AvgIpc) is 3.12. The number of nitriles is 1. The van der Waals surface area contributed by atoms with Gasteiger partial charge in [0.25, 0.3) is 0 Å². The topological polar surface area (TPSA) is 69.1 Å². The zero-order chi connectivity index (χ0) is 17.5. The molecule has 1 aliphatic heterocycles. The van der Waals surface area contributed by atoms with Crippen LogP contribution in [0.25, 0.3) is 10.4 Å². The molecule has 0 saturated carbocycles. The van der Waals surface area contributed by atoms with E-state index in [0.29, 0.717) is 23.3 Å². The first-order chi connectivity index (χ1) is 11.3. The SMILES string of the molecule is CC(C)(C)OC(=O)N1Cc2[nH]c(=S)c(C#N)c(-c3cccs3)c2C1. The molecule has 0 aromatic carbocycles. The van der Waals surface area contributed by atoms with Crippen molar-refractivity contribution in [3.63, 3.8) is 0 Å². The Morgan fingerprint density at radius 1 is 1.46 bits per heavy atom. The summed E-state index contributed by atoms with van der Waals surface area (Å²) in [5.74, 6) is 0. The molecule has 1 N–H and O–H groups in total. The van der Waals surface area contributed by atoms with E-state index >= 15 is 0 Å². The molecule has 0 saturated heterocycles. The number of rotatable bonds is 1. The Labute approximate surface area is 149 Å². The molecular formula is C17H17N3O2S2. The van der Waals surface area contributed by atoms with Crippen LogP contribution >= 0.6 is 23.6 Å². The molecule has 1 aliphatic rings. The number of ether oxygens (including phenoxy) is 1. The largest absolute Gasteiger partial charge is 0.444 e. The highest BCUT2D eigenvalue weighted by Gasteiger charge is 2.31. The first-order valence-corrected chi connectivity index (χ1v) is 8.79. The molecule has 0 atom stereocenters. The lowest BCUT2D eigenvalue weighted by Crippen LogP contribution is -2.33. The number of pyridine rings is 1. The van der Waals surface area contributed by atoms with E-state index in [-0.39, 0.29) is 6.09 Å². The summed E-state index contributed by atoms with van der Waals surface area (Å²) in [6.07, 6.45) is -0.367. The van der Waals surface area contributed by atoms with Crippen molar-refractivity contribution in [2.45, 2.75) is 39.5 Å². The number of carbonyl (C=O) groups excluding carboxylic acids is 1. The summed E-state index contributed by atoms with van der Waals surface area (Å²) in [5.41, 5.74) is 2.55. The molecule has 2 aromatic heterocycles. The Bertz CT molecular complexity index is 886. The van der Waals surface area contributed by atoms with Gasteiger partial charge in [0.2, 0.25) is 0 Å². The number of nitrogens with zero attached hydrogens (tertiary/aromatic N) is 2. The van der Waals surface area contributed by atoms with Gasteiger partial charge in [-0.15, -0.1) is 11.3 Å². The third-order valence-corrected chi connectivity index (χ3v) is 4.83. The zero-order valence-corrected chi connectivity index (χ0v) is 15.3. The summed E-state index contributed by atoms with van der Waals surface area (Å²) in [4.78, 5) is 18.1. The molecule has 2 aromatic rings. The second kappa shape index (κ2) is 6.04. The molecule has 5 nitrogen and oxygen atoms in total. The zero-order valence-electron chi connectivity index (χ0n) is 13.7. The van der Waals surface area contributed by atoms with Gasteiger partial charge in [0.05, 0.1) is 18.7 Å². The van der Waals surface area contributed by atoms with Crippen molar-refractivity contribution < 1.29 is 9.53 Å². The third-order valence-electron chi connectivity index (χ3n) is 3.64. The number of aromatic nitrogens is 1. The van der Waals surface area contributed by atoms with Gasteiger partial charge < -0.3 is 9.72 Å². The van der Waals surface area contributed by atoms with Gasteiger partial charge in [-0.2, -0.15) is 5.26 Å². The van der Waals surface area contributed by atoms with E-state index in [1.165, 1.54) is 0 Å². The lowest BCUT2D eigenvalue weighted by molar-refractivity contribution is 0.0241. The predicted octanol–water partition coefficient (Wildman–Crippen LogP) is 4.60. The molecule has 0 aliphatic carbocycles. The van der Waals surface area contributed by atoms with E-state index < -0.39 is 5.60 Å². The molecule has 24 heavy (non-hydrogen) atoms. The predicted molar refractivity (Wildman–Crippen MR) is 95.1 cm³/mol. The second-order valence-electron chi connectivity index (χ2n) is 6.59. The number of aromatic amines is 1. The molecular weight excluding hydrogens is 342 g/mol. The molecule has 1 amide bonds. The van der Waals surface area contributed by atoms with Gasteiger partial charge in [-0.1, -0.05) is 18.3 Å². The maximum absolute atomic E-state index is 12.4. The summed E-state index contributed by atoms with van der Waals surface area (Å²) in [5, 5.41) is 11.5. The quantitative estimate of drug-likeness (QED) is 0.756. The van der Waals surface area contributed by atoms with Crippen LogP contribution in [-0.4, -0.2) is 21.6 Å². The number of H-pyrrole nitrogens is 1. The highest BCUT2D eigenvalue weighted by molar-refractivity contribution is 7.71. The smallest absolute Gasteiger partial charge is 0.410 e. The first-order valence-electron chi connectivity index (χ1n) is 7.50. The monoisotopic (exact) mass is 359 g/mol. The Morgan fingerprint density at radius 3 is 2.79 bits per heavy atom. The van der Waals surface area contributed by atoms with Crippen LogP contribution in [0.2, 0.25) is 0 Å². The van der Waals surface area contributed by atoms with E-state index in [0.717, 1.165) is 21.7 Å². The Kier molecular flexibility index (Phi) is 4.20. The van der Waals surface area contributed by atoms with Crippen LogP contribution < -0.4 is 0 Å². The standard InChI is InChI=1S/C17H17N3O2S2/c1-17(2,3)22-16(21)20-8-11-12(9-20)19-15(23)10(7-18)14(11)13-5-4-6-24-13/h4-6H,8-9H2,1-3H3,(H,19,23). The van der Waals surface area contributed by atoms with Crippen molar-refractivity contribution in [2.24, 2.45) is 0 Å². The van der Waals surface area contributed by atoms with Crippen molar-refractivity contribution in [3.8, 4) is 16.5 Å². The Hall–Kier alpha value is -2.17. The summed E-state index contributed by atoms with van der Waals surface area (Å²) in [6, 6.07) is 6.10. The van der Waals surface area contributed by atoms with Crippen LogP contribution in [0.4, 0.5) is 4.79 Å². The molecule has 0 bridgehead atoms. The molecule has 0 radical (unpaired) electrons. The van der Waals surface area contributed by atoms with Crippen LogP contribution in [-0.2, 0) is 17.8 Å². The van der Waals surface area contributed by atoms with Crippen molar-refractivity contribution in [1.82, 2.24) is 9.88 Å². The number of fused-ring (bicyclic) bond motifs is 1. The number of hydrogen-bond donors (Lipinski definition) is 1. The number of nitrogens with one attached hydrogen (secondary N) is 1. The number of amides is 1. The molecule has 0 unspecified atom stereocenters. The van der Waals surface area contributed by atoms with Gasteiger partial charge in [-0.25, -0.2) is 4.79 Å². The second-order valence-corrected chi connectivity index (χ2v) is 7.94. The van der Waals surface area contributed by atoms with Gasteiger partial charge in [0, 0.05) is 21.7 Å². The lowest BCUT2D eigenvalue weighted by Gasteiger charge is -2.24. The summed E-state index contributed by atoms with van der Waals surface area (Å²) < 4.78 is 5.86. The first kappa shape index (κ1) is 16.7. The fourth-order valence-corrected chi connectivity index (χ4v) is 3.77. The van der Waals surface area contributed by atoms with Gasteiger partial charge in [0.1, 0.15) is 16.3 Å². The van der Waals surface area contributed by atoms with E-state index in [1.54, 1.807) is 16.2 Å². The molecule has 0 fully saturated rings. The van der Waals surface area contributed by atoms with E-state index in [4.69, 9.17) is 17.0 Å². The molecule has 3 rings (SSSR count). The van der Waals surface area contributed by atoms with E-state index in [1.807, 2.05) is 38.3 Å². The fraction of sp³-hybridized carbons (Fsp3) is 0.353. The van der Waals surface area contributed by atoms with Gasteiger partial charge >= 0.3 is 6.09 Å². The van der Waals surface area contributed by atoms with Crippen molar-refractivity contribution in [1.29, 1.82) is 5.26 Å². The van der Waals surface area contributed by atoms with Crippen LogP contribution in [0.1, 0.15) is 37.6 Å². The van der Waals surface area contributed by atoms with Gasteiger partial charge in [-0.3, -0.25) is 4.90 Å². The van der Waals surface area contributed by atoms with E-state index in [2.05, 4.69) is 11.1 Å². The lowest BCUT2D eigenvalue weighted by atomic mass is 10.0. The Balaban J connectivity index is 2.04. The maximum Gasteiger partial charge on any atom is 0.410 e. The minimum absolute atomic E-state index is 0.367. The summed E-state index contributed by atoms with van der Waals surface area (Å²) >= 11 is 6.89. The number of thiophene rings is 1. The maximum atomic E-state index is 12.4. The van der Waals surface area contributed by atoms with Crippen LogP contribution in [0, 0.1) is 16.0 Å². The highest BCUT2D eigenvalue weighted by Crippen LogP contribution is 2.37. The van der Waals surface area contributed by atoms with Crippen LogP contribution in [0.15, 0.2) is 17.5 Å². The molecule has 7 heteroatoms. The van der Waals surface area contributed by atoms with E-state index in [9.17, 15) is 10.1 Å². The highest BCUT2D eigenvalue weighted by atomic mass is 32.1. The van der Waals surface area contributed by atoms with Crippen molar-refractivity contribution in [3.05, 3.63) is 39.0 Å². The minimum Gasteiger partial charge on any atom is -0.444 e.